The molecule has 1 aromatic heterocycles. The molecule has 24 heavy (non-hydrogen) atoms. The molecule has 0 saturated heterocycles. The quantitative estimate of drug-likeness (QED) is 0.914. The highest BCUT2D eigenvalue weighted by molar-refractivity contribution is 6.08. The van der Waals surface area contributed by atoms with E-state index in [0.29, 0.717) is 5.76 Å². The summed E-state index contributed by atoms with van der Waals surface area (Å²) in [5.41, 5.74) is 0.0948. The van der Waals surface area contributed by atoms with Crippen molar-refractivity contribution in [3.05, 3.63) is 71.1 Å². The number of rotatable bonds is 5. The van der Waals surface area contributed by atoms with Crippen LogP contribution in [0.25, 0.3) is 0 Å². The summed E-state index contributed by atoms with van der Waals surface area (Å²) in [7, 11) is 0. The Bertz CT molecular complexity index is 810. The van der Waals surface area contributed by atoms with Gasteiger partial charge in [-0.1, -0.05) is 25.1 Å². The molecule has 1 aromatic carbocycles. The first-order valence-electron chi connectivity index (χ1n) is 7.58. The fourth-order valence-corrected chi connectivity index (χ4v) is 2.88. The second-order valence-electron chi connectivity index (χ2n) is 5.48. The molecule has 3 rings (SSSR count). The molecule has 0 saturated carbocycles. The summed E-state index contributed by atoms with van der Waals surface area (Å²) in [6, 6.07) is 8.27. The lowest BCUT2D eigenvalue weighted by Gasteiger charge is -2.26. The second kappa shape index (κ2) is 6.31. The zero-order valence-corrected chi connectivity index (χ0v) is 13.0. The maximum atomic E-state index is 14.3. The Morgan fingerprint density at radius 3 is 2.67 bits per heavy atom. The van der Waals surface area contributed by atoms with Gasteiger partial charge in [-0.25, -0.2) is 4.39 Å². The number of furan rings is 1. The van der Waals surface area contributed by atoms with Crippen molar-refractivity contribution in [2.24, 2.45) is 0 Å². The van der Waals surface area contributed by atoms with Crippen LogP contribution in [0.5, 0.6) is 0 Å². The third kappa shape index (κ3) is 2.60. The van der Waals surface area contributed by atoms with Crippen molar-refractivity contribution in [3.8, 4) is 0 Å². The first kappa shape index (κ1) is 16.0. The molecule has 1 aliphatic heterocycles. The van der Waals surface area contributed by atoms with Gasteiger partial charge >= 0.3 is 0 Å². The van der Waals surface area contributed by atoms with Crippen molar-refractivity contribution < 1.29 is 23.5 Å². The van der Waals surface area contributed by atoms with Gasteiger partial charge < -0.3 is 14.4 Å². The Morgan fingerprint density at radius 2 is 2.04 bits per heavy atom. The molecule has 124 valence electrons. The van der Waals surface area contributed by atoms with Crippen LogP contribution in [0, 0.1) is 5.82 Å². The number of carbonyl (C=O) groups is 2. The maximum absolute atomic E-state index is 14.3. The van der Waals surface area contributed by atoms with Crippen LogP contribution in [-0.4, -0.2) is 21.7 Å². The SMILES string of the molecule is CCC(=O)C1=C(O)C(=O)N(Cc2ccco2)C1c1ccccc1F. The molecule has 1 N–H and O–H groups in total. The van der Waals surface area contributed by atoms with E-state index >= 15 is 0 Å². The van der Waals surface area contributed by atoms with Gasteiger partial charge in [-0.2, -0.15) is 0 Å². The second-order valence-corrected chi connectivity index (χ2v) is 5.48. The summed E-state index contributed by atoms with van der Waals surface area (Å²) < 4.78 is 19.6. The molecular weight excluding hydrogens is 313 g/mol. The summed E-state index contributed by atoms with van der Waals surface area (Å²) >= 11 is 0. The van der Waals surface area contributed by atoms with Gasteiger partial charge in [0.2, 0.25) is 0 Å². The van der Waals surface area contributed by atoms with E-state index in [2.05, 4.69) is 0 Å². The fourth-order valence-electron chi connectivity index (χ4n) is 2.88. The molecule has 2 aromatic rings. The van der Waals surface area contributed by atoms with Gasteiger partial charge in [0.25, 0.3) is 5.91 Å². The number of ketones is 1. The Kier molecular flexibility index (Phi) is 4.20. The van der Waals surface area contributed by atoms with E-state index in [0.717, 1.165) is 0 Å². The number of benzene rings is 1. The van der Waals surface area contributed by atoms with Gasteiger partial charge in [-0.3, -0.25) is 9.59 Å². The molecule has 0 spiro atoms. The molecule has 0 fully saturated rings. The van der Waals surface area contributed by atoms with Gasteiger partial charge in [-0.15, -0.1) is 0 Å². The number of hydrogen-bond donors (Lipinski definition) is 1. The van der Waals surface area contributed by atoms with Crippen LogP contribution in [0.15, 0.2) is 58.4 Å². The normalized spacial score (nSPS) is 17.7. The molecule has 5 nitrogen and oxygen atoms in total. The minimum Gasteiger partial charge on any atom is -0.503 e. The van der Waals surface area contributed by atoms with Gasteiger partial charge in [0.1, 0.15) is 11.6 Å². The van der Waals surface area contributed by atoms with Crippen LogP contribution >= 0.6 is 0 Å². The van der Waals surface area contributed by atoms with Gasteiger partial charge in [0, 0.05) is 12.0 Å². The van der Waals surface area contributed by atoms with Crippen LogP contribution in [0.3, 0.4) is 0 Å². The van der Waals surface area contributed by atoms with Crippen molar-refractivity contribution in [3.63, 3.8) is 0 Å². The van der Waals surface area contributed by atoms with E-state index in [1.54, 1.807) is 25.1 Å². The molecule has 6 heteroatoms. The highest BCUT2D eigenvalue weighted by Crippen LogP contribution is 2.40. The highest BCUT2D eigenvalue weighted by atomic mass is 19.1. The molecule has 0 bridgehead atoms. The van der Waals surface area contributed by atoms with Crippen LogP contribution in [-0.2, 0) is 16.1 Å². The van der Waals surface area contributed by atoms with Crippen molar-refractivity contribution in [1.82, 2.24) is 4.90 Å². The molecule has 1 unspecified atom stereocenters. The minimum absolute atomic E-state index is 0.0232. The zero-order valence-electron chi connectivity index (χ0n) is 13.0. The van der Waals surface area contributed by atoms with E-state index in [1.807, 2.05) is 0 Å². The van der Waals surface area contributed by atoms with Gasteiger partial charge in [0.15, 0.2) is 11.5 Å². The Balaban J connectivity index is 2.10. The highest BCUT2D eigenvalue weighted by Gasteiger charge is 2.44. The average molecular weight is 329 g/mol. The van der Waals surface area contributed by atoms with Gasteiger partial charge in [0.05, 0.1) is 24.4 Å². The monoisotopic (exact) mass is 329 g/mol. The fraction of sp³-hybridized carbons (Fsp3) is 0.222. The smallest absolute Gasteiger partial charge is 0.290 e. The molecule has 0 aliphatic carbocycles. The Morgan fingerprint density at radius 1 is 1.29 bits per heavy atom. The molecule has 1 amide bonds. The minimum atomic E-state index is -0.976. The lowest BCUT2D eigenvalue weighted by atomic mass is 9.94. The summed E-state index contributed by atoms with van der Waals surface area (Å²) in [6.45, 7) is 1.65. The summed E-state index contributed by atoms with van der Waals surface area (Å²) in [4.78, 5) is 26.0. The van der Waals surface area contributed by atoms with Crippen LogP contribution < -0.4 is 0 Å². The standard InChI is InChI=1S/C18H16FNO4/c1-2-14(21)15-16(12-7-3-4-8-13(12)19)20(18(23)17(15)22)10-11-6-5-9-24-11/h3-9,16,22H,2,10H2,1H3. The topological polar surface area (TPSA) is 70.8 Å². The number of aliphatic hydroxyl groups excluding tert-OH is 1. The van der Waals surface area contributed by atoms with Crippen LogP contribution in [0.4, 0.5) is 4.39 Å². The first-order chi connectivity index (χ1) is 11.5. The zero-order chi connectivity index (χ0) is 17.3. The van der Waals surface area contributed by atoms with E-state index < -0.39 is 29.3 Å². The third-order valence-corrected chi connectivity index (χ3v) is 4.03. The number of Topliss-reactive ketones (excluding diaryl/α,β-unsaturated/α-hetero) is 1. The van der Waals surface area contributed by atoms with Crippen molar-refractivity contribution in [2.75, 3.05) is 0 Å². The predicted octanol–water partition coefficient (Wildman–Crippen LogP) is 3.29. The summed E-state index contributed by atoms with van der Waals surface area (Å²) in [5, 5.41) is 10.2. The molecular formula is C18H16FNO4. The largest absolute Gasteiger partial charge is 0.503 e. The first-order valence-corrected chi connectivity index (χ1v) is 7.58. The van der Waals surface area contributed by atoms with Crippen molar-refractivity contribution in [2.45, 2.75) is 25.9 Å². The summed E-state index contributed by atoms with van der Waals surface area (Å²) in [6.07, 6.45) is 1.56. The lowest BCUT2D eigenvalue weighted by molar-refractivity contribution is -0.130. The third-order valence-electron chi connectivity index (χ3n) is 4.03. The average Bonchev–Trinajstić information content (AvgIpc) is 3.17. The number of carbonyl (C=O) groups excluding carboxylic acids is 2. The number of hydrogen-bond acceptors (Lipinski definition) is 4. The predicted molar refractivity (Wildman–Crippen MR) is 83.4 cm³/mol. The molecule has 0 radical (unpaired) electrons. The molecule has 1 aliphatic rings. The number of aliphatic hydroxyl groups is 1. The number of amides is 1. The van der Waals surface area contributed by atoms with Gasteiger partial charge in [-0.05, 0) is 18.2 Å². The van der Waals surface area contributed by atoms with E-state index in [1.165, 1.54) is 29.4 Å². The number of nitrogens with zero attached hydrogens (tertiary/aromatic N) is 1. The van der Waals surface area contributed by atoms with E-state index in [9.17, 15) is 19.1 Å². The Hall–Kier alpha value is -2.89. The van der Waals surface area contributed by atoms with Crippen LogP contribution in [0.1, 0.15) is 30.7 Å². The Labute approximate surface area is 138 Å². The van der Waals surface area contributed by atoms with E-state index in [-0.39, 0.29) is 24.1 Å². The van der Waals surface area contributed by atoms with Crippen molar-refractivity contribution >= 4 is 11.7 Å². The van der Waals surface area contributed by atoms with Crippen molar-refractivity contribution in [1.29, 1.82) is 0 Å². The van der Waals surface area contributed by atoms with Crippen LogP contribution in [0.2, 0.25) is 0 Å². The molecule has 2 heterocycles. The number of halogens is 1. The maximum Gasteiger partial charge on any atom is 0.290 e. The summed E-state index contributed by atoms with van der Waals surface area (Å²) in [5.74, 6) is -1.80. The molecule has 1 atom stereocenters. The van der Waals surface area contributed by atoms with E-state index in [4.69, 9.17) is 4.42 Å². The lowest BCUT2D eigenvalue weighted by Crippen LogP contribution is -2.31.